The lowest BCUT2D eigenvalue weighted by molar-refractivity contribution is -0.123. The van der Waals surface area contributed by atoms with Gasteiger partial charge >= 0.3 is 5.97 Å². The highest BCUT2D eigenvalue weighted by Crippen LogP contribution is 2.26. The Hall–Kier alpha value is -2.57. The number of fused-ring (bicyclic) bond motifs is 1. The zero-order chi connectivity index (χ0) is 18.8. The summed E-state index contributed by atoms with van der Waals surface area (Å²) in [6, 6.07) is 8.69. The fourth-order valence-corrected chi connectivity index (χ4v) is 2.79. The van der Waals surface area contributed by atoms with Crippen molar-refractivity contribution in [2.75, 3.05) is 5.32 Å². The Kier molecular flexibility index (Phi) is 5.15. The van der Waals surface area contributed by atoms with E-state index in [2.05, 4.69) is 10.3 Å². The first-order valence-electron chi connectivity index (χ1n) is 7.68. The minimum absolute atomic E-state index is 0.0634. The van der Waals surface area contributed by atoms with Crippen LogP contribution in [0.15, 0.2) is 40.9 Å². The summed E-state index contributed by atoms with van der Waals surface area (Å²) < 4.78 is 10.7. The molecule has 2 aromatic heterocycles. The van der Waals surface area contributed by atoms with Crippen LogP contribution in [-0.4, -0.2) is 23.0 Å². The number of benzene rings is 1. The highest BCUT2D eigenvalue weighted by Gasteiger charge is 2.24. The molecule has 0 bridgehead atoms. The number of carbonyl (C=O) groups excluding carboxylic acids is 2. The third-order valence-electron chi connectivity index (χ3n) is 3.73. The standard InChI is InChI=1S/C18H14Cl2N2O4/c1-9-12-5-3-4-6-14(12)26-15(9)18(24)25-10(2)17(23)22-16-13(20)7-11(19)8-21-16/h3-8,10H,1-2H3,(H,21,22,23)/t10-/m1/s1. The van der Waals surface area contributed by atoms with Crippen molar-refractivity contribution in [2.24, 2.45) is 0 Å². The normalized spacial score (nSPS) is 12.0. The number of hydrogen-bond donors (Lipinski definition) is 1. The molecular formula is C18H14Cl2N2O4. The number of hydrogen-bond acceptors (Lipinski definition) is 5. The molecule has 0 spiro atoms. The van der Waals surface area contributed by atoms with Gasteiger partial charge in [-0.15, -0.1) is 0 Å². The number of amides is 1. The Balaban J connectivity index is 1.71. The summed E-state index contributed by atoms with van der Waals surface area (Å²) in [5.41, 5.74) is 1.23. The summed E-state index contributed by atoms with van der Waals surface area (Å²) in [5, 5.41) is 3.82. The highest BCUT2D eigenvalue weighted by molar-refractivity contribution is 6.36. The van der Waals surface area contributed by atoms with E-state index in [0.717, 1.165) is 5.39 Å². The zero-order valence-electron chi connectivity index (χ0n) is 13.9. The van der Waals surface area contributed by atoms with Gasteiger partial charge in [0.25, 0.3) is 5.91 Å². The molecule has 26 heavy (non-hydrogen) atoms. The predicted molar refractivity (Wildman–Crippen MR) is 98.7 cm³/mol. The molecule has 0 fully saturated rings. The average molecular weight is 393 g/mol. The maximum atomic E-state index is 12.4. The number of aryl methyl sites for hydroxylation is 1. The van der Waals surface area contributed by atoms with Crippen LogP contribution >= 0.6 is 23.2 Å². The molecule has 3 rings (SSSR count). The molecule has 0 aliphatic carbocycles. The van der Waals surface area contributed by atoms with Crippen LogP contribution in [0, 0.1) is 6.92 Å². The lowest BCUT2D eigenvalue weighted by atomic mass is 10.1. The number of carbonyl (C=O) groups is 2. The van der Waals surface area contributed by atoms with Gasteiger partial charge < -0.3 is 14.5 Å². The van der Waals surface area contributed by atoms with Gasteiger partial charge in [0.1, 0.15) is 5.58 Å². The van der Waals surface area contributed by atoms with Crippen LogP contribution in [0.2, 0.25) is 10.0 Å². The van der Waals surface area contributed by atoms with Crippen LogP contribution in [0.5, 0.6) is 0 Å². The van der Waals surface area contributed by atoms with E-state index in [1.165, 1.54) is 19.2 Å². The quantitative estimate of drug-likeness (QED) is 0.654. The van der Waals surface area contributed by atoms with E-state index in [9.17, 15) is 9.59 Å². The number of furan rings is 1. The minimum Gasteiger partial charge on any atom is -0.449 e. The summed E-state index contributed by atoms with van der Waals surface area (Å²) in [6.45, 7) is 3.19. The number of anilines is 1. The minimum atomic E-state index is -1.08. The molecule has 134 valence electrons. The zero-order valence-corrected chi connectivity index (χ0v) is 15.4. The van der Waals surface area contributed by atoms with Crippen molar-refractivity contribution in [3.05, 3.63) is 57.9 Å². The number of nitrogens with zero attached hydrogens (tertiary/aromatic N) is 1. The predicted octanol–water partition coefficient (Wildman–Crippen LogP) is 4.63. The molecular weight excluding hydrogens is 379 g/mol. The van der Waals surface area contributed by atoms with E-state index in [0.29, 0.717) is 16.2 Å². The van der Waals surface area contributed by atoms with Gasteiger partial charge in [-0.25, -0.2) is 9.78 Å². The third kappa shape index (κ3) is 3.66. The molecule has 3 aromatic rings. The topological polar surface area (TPSA) is 81.4 Å². The molecule has 0 aliphatic rings. The second-order valence-corrected chi connectivity index (χ2v) is 6.42. The van der Waals surface area contributed by atoms with Crippen LogP contribution < -0.4 is 5.32 Å². The molecule has 0 aliphatic heterocycles. The number of halogens is 2. The molecule has 1 aromatic carbocycles. The third-order valence-corrected chi connectivity index (χ3v) is 4.23. The smallest absolute Gasteiger partial charge is 0.375 e. The van der Waals surface area contributed by atoms with Crippen molar-refractivity contribution in [3.63, 3.8) is 0 Å². The number of nitrogens with one attached hydrogen (secondary N) is 1. The van der Waals surface area contributed by atoms with Gasteiger partial charge in [-0.05, 0) is 26.0 Å². The molecule has 8 heteroatoms. The van der Waals surface area contributed by atoms with Crippen molar-refractivity contribution in [1.82, 2.24) is 4.98 Å². The van der Waals surface area contributed by atoms with E-state index in [1.54, 1.807) is 19.1 Å². The Morgan fingerprint density at radius 2 is 2.00 bits per heavy atom. The number of para-hydroxylation sites is 1. The van der Waals surface area contributed by atoms with Gasteiger partial charge in [0.05, 0.1) is 10.0 Å². The molecule has 1 N–H and O–H groups in total. The second-order valence-electron chi connectivity index (χ2n) is 5.57. The fourth-order valence-electron chi connectivity index (χ4n) is 2.36. The summed E-state index contributed by atoms with van der Waals surface area (Å²) in [4.78, 5) is 28.5. The molecule has 0 saturated heterocycles. The SMILES string of the molecule is Cc1c(C(=O)O[C@H](C)C(=O)Nc2ncc(Cl)cc2Cl)oc2ccccc12. The van der Waals surface area contributed by atoms with E-state index < -0.39 is 18.0 Å². The molecule has 0 unspecified atom stereocenters. The number of pyridine rings is 1. The number of esters is 1. The highest BCUT2D eigenvalue weighted by atomic mass is 35.5. The van der Waals surface area contributed by atoms with Crippen LogP contribution in [0.25, 0.3) is 11.0 Å². The monoisotopic (exact) mass is 392 g/mol. The van der Waals surface area contributed by atoms with Gasteiger partial charge in [-0.3, -0.25) is 4.79 Å². The maximum Gasteiger partial charge on any atom is 0.375 e. The van der Waals surface area contributed by atoms with Crippen molar-refractivity contribution < 1.29 is 18.7 Å². The van der Waals surface area contributed by atoms with Crippen LogP contribution in [0.3, 0.4) is 0 Å². The van der Waals surface area contributed by atoms with Gasteiger partial charge in [0.15, 0.2) is 11.9 Å². The summed E-state index contributed by atoms with van der Waals surface area (Å²) in [6.07, 6.45) is 0.265. The molecule has 0 radical (unpaired) electrons. The van der Waals surface area contributed by atoms with E-state index in [1.807, 2.05) is 12.1 Å². The average Bonchev–Trinajstić information content (AvgIpc) is 2.94. The Morgan fingerprint density at radius 1 is 1.27 bits per heavy atom. The molecule has 2 heterocycles. The van der Waals surface area contributed by atoms with Gasteiger partial charge in [-0.2, -0.15) is 0 Å². The van der Waals surface area contributed by atoms with Crippen molar-refractivity contribution >= 4 is 51.9 Å². The molecule has 6 nitrogen and oxygen atoms in total. The lowest BCUT2D eigenvalue weighted by Crippen LogP contribution is -2.30. The Bertz CT molecular complexity index is 1000. The van der Waals surface area contributed by atoms with Crippen molar-refractivity contribution in [1.29, 1.82) is 0 Å². The first-order chi connectivity index (χ1) is 12.4. The van der Waals surface area contributed by atoms with E-state index >= 15 is 0 Å². The Morgan fingerprint density at radius 3 is 2.69 bits per heavy atom. The van der Waals surface area contributed by atoms with Crippen LogP contribution in [0.1, 0.15) is 23.0 Å². The van der Waals surface area contributed by atoms with Crippen molar-refractivity contribution in [3.8, 4) is 0 Å². The van der Waals surface area contributed by atoms with Crippen LogP contribution in [0.4, 0.5) is 5.82 Å². The van der Waals surface area contributed by atoms with Crippen molar-refractivity contribution in [2.45, 2.75) is 20.0 Å². The van der Waals surface area contributed by atoms with Gasteiger partial charge in [-0.1, -0.05) is 41.4 Å². The first-order valence-corrected chi connectivity index (χ1v) is 8.43. The fraction of sp³-hybridized carbons (Fsp3) is 0.167. The lowest BCUT2D eigenvalue weighted by Gasteiger charge is -2.13. The number of aromatic nitrogens is 1. The summed E-state index contributed by atoms with van der Waals surface area (Å²) in [5.74, 6) is -1.11. The number of ether oxygens (including phenoxy) is 1. The largest absolute Gasteiger partial charge is 0.449 e. The first kappa shape index (κ1) is 18.2. The van der Waals surface area contributed by atoms with E-state index in [4.69, 9.17) is 32.4 Å². The molecule has 0 saturated carbocycles. The van der Waals surface area contributed by atoms with Gasteiger partial charge in [0.2, 0.25) is 5.76 Å². The van der Waals surface area contributed by atoms with Crippen LogP contribution in [-0.2, 0) is 9.53 Å². The summed E-state index contributed by atoms with van der Waals surface area (Å²) in [7, 11) is 0. The second kappa shape index (κ2) is 7.35. The molecule has 1 atom stereocenters. The Labute approximate surface area is 159 Å². The molecule has 1 amide bonds. The maximum absolute atomic E-state index is 12.4. The van der Waals surface area contributed by atoms with Gasteiger partial charge in [0, 0.05) is 17.1 Å². The number of rotatable bonds is 4. The van der Waals surface area contributed by atoms with E-state index in [-0.39, 0.29) is 16.6 Å². The summed E-state index contributed by atoms with van der Waals surface area (Å²) >= 11 is 11.7.